The van der Waals surface area contributed by atoms with Crippen molar-refractivity contribution >= 4 is 29.4 Å². The van der Waals surface area contributed by atoms with Crippen LogP contribution in [0.25, 0.3) is 0 Å². The molecule has 0 saturated heterocycles. The van der Waals surface area contributed by atoms with Gasteiger partial charge < -0.3 is 14.5 Å². The molecule has 2 rings (SSSR count). The first-order chi connectivity index (χ1) is 12.7. The number of aromatic nitrogens is 1. The molecule has 1 amide bonds. The maximum Gasteiger partial charge on any atom is 0.419 e. The Kier molecular flexibility index (Phi) is 6.62. The number of ether oxygens (including phenoxy) is 1. The highest BCUT2D eigenvalue weighted by molar-refractivity contribution is 6.32. The van der Waals surface area contributed by atoms with Crippen LogP contribution in [0.3, 0.4) is 0 Å². The number of alkyl halides is 3. The second-order valence-electron chi connectivity index (χ2n) is 5.22. The molecule has 1 heterocycles. The van der Waals surface area contributed by atoms with E-state index in [9.17, 15) is 18.0 Å². The molecule has 0 N–H and O–H groups in total. The lowest BCUT2D eigenvalue weighted by atomic mass is 10.1. The molecule has 10 heteroatoms. The van der Waals surface area contributed by atoms with Crippen molar-refractivity contribution in [3.8, 4) is 5.88 Å². The third kappa shape index (κ3) is 5.33. The zero-order chi connectivity index (χ0) is 20.0. The molecule has 0 aliphatic heterocycles. The lowest BCUT2D eigenvalue weighted by Crippen LogP contribution is -2.28. The number of rotatable bonds is 6. The molecule has 2 aromatic rings. The Hall–Kier alpha value is -2.81. The predicted molar refractivity (Wildman–Crippen MR) is 93.9 cm³/mol. The average Bonchev–Trinajstić information content (AvgIpc) is 2.63. The highest BCUT2D eigenvalue weighted by atomic mass is 35.5. The van der Waals surface area contributed by atoms with E-state index in [1.165, 1.54) is 19.1 Å². The number of amides is 1. The Bertz CT molecular complexity index is 844. The molecule has 0 aliphatic carbocycles. The Morgan fingerprint density at radius 2 is 2.00 bits per heavy atom. The highest BCUT2D eigenvalue weighted by Crippen LogP contribution is 2.34. The van der Waals surface area contributed by atoms with Gasteiger partial charge in [0.1, 0.15) is 25.1 Å². The molecule has 0 spiro atoms. The summed E-state index contributed by atoms with van der Waals surface area (Å²) >= 11 is 5.58. The molecular formula is C17H15ClF3N3O3. The molecule has 0 aliphatic rings. The van der Waals surface area contributed by atoms with Gasteiger partial charge in [0.25, 0.3) is 5.91 Å². The van der Waals surface area contributed by atoms with Crippen molar-refractivity contribution in [2.75, 3.05) is 19.1 Å². The summed E-state index contributed by atoms with van der Waals surface area (Å²) in [5.74, 6) is -0.502. The van der Waals surface area contributed by atoms with Crippen LogP contribution in [0.2, 0.25) is 5.15 Å². The fourth-order valence-electron chi connectivity index (χ4n) is 2.12. The van der Waals surface area contributed by atoms with Crippen LogP contribution in [0.1, 0.15) is 11.1 Å². The minimum absolute atomic E-state index is 0.0378. The largest absolute Gasteiger partial charge is 0.473 e. The molecule has 27 heavy (non-hydrogen) atoms. The van der Waals surface area contributed by atoms with Crippen molar-refractivity contribution < 1.29 is 27.5 Å². The third-order valence-corrected chi connectivity index (χ3v) is 3.74. The fraction of sp³-hybridized carbons (Fsp3) is 0.235. The zero-order valence-electron chi connectivity index (χ0n) is 14.3. The molecule has 1 aromatic carbocycles. The van der Waals surface area contributed by atoms with E-state index in [-0.39, 0.29) is 12.5 Å². The van der Waals surface area contributed by atoms with E-state index in [2.05, 4.69) is 15.0 Å². The van der Waals surface area contributed by atoms with Gasteiger partial charge in [0.15, 0.2) is 0 Å². The van der Waals surface area contributed by atoms with Crippen molar-refractivity contribution in [3.05, 3.63) is 52.7 Å². The summed E-state index contributed by atoms with van der Waals surface area (Å²) in [6, 6.07) is 8.73. The number of halogens is 4. The number of carbonyl (C=O) groups is 1. The standard InChI is InChI=1S/C17H15ClF3N3O3/c1-24(15(25)9-22-26-2)13-6-4-3-5-11(13)10-27-14-8-7-12(16(18)23-14)17(19,20)21/h3-9H,10H2,1-2H3. The van der Waals surface area contributed by atoms with Crippen molar-refractivity contribution in [1.82, 2.24) is 4.98 Å². The minimum atomic E-state index is -4.60. The summed E-state index contributed by atoms with van der Waals surface area (Å²) in [5.41, 5.74) is 0.0970. The zero-order valence-corrected chi connectivity index (χ0v) is 15.1. The SMILES string of the molecule is CON=CC(=O)N(C)c1ccccc1COc1ccc(C(F)(F)F)c(Cl)n1. The number of benzene rings is 1. The number of hydrogen-bond donors (Lipinski definition) is 0. The second kappa shape index (κ2) is 8.72. The Morgan fingerprint density at radius 3 is 2.63 bits per heavy atom. The van der Waals surface area contributed by atoms with E-state index in [0.717, 1.165) is 18.3 Å². The van der Waals surface area contributed by atoms with Crippen LogP contribution in [0.4, 0.5) is 18.9 Å². The molecule has 0 radical (unpaired) electrons. The lowest BCUT2D eigenvalue weighted by Gasteiger charge is -2.19. The van der Waals surface area contributed by atoms with Crippen molar-refractivity contribution in [2.45, 2.75) is 12.8 Å². The van der Waals surface area contributed by atoms with E-state index < -0.39 is 22.8 Å². The van der Waals surface area contributed by atoms with E-state index in [1.807, 2.05) is 0 Å². The van der Waals surface area contributed by atoms with Crippen LogP contribution in [0.15, 0.2) is 41.6 Å². The number of anilines is 1. The number of pyridine rings is 1. The van der Waals surface area contributed by atoms with Crippen LogP contribution in [-0.2, 0) is 22.4 Å². The van der Waals surface area contributed by atoms with Crippen LogP contribution >= 0.6 is 11.6 Å². The van der Waals surface area contributed by atoms with E-state index in [0.29, 0.717) is 11.3 Å². The van der Waals surface area contributed by atoms with E-state index in [4.69, 9.17) is 16.3 Å². The summed E-state index contributed by atoms with van der Waals surface area (Å²) < 4.78 is 43.6. The van der Waals surface area contributed by atoms with Crippen LogP contribution in [0.5, 0.6) is 5.88 Å². The summed E-state index contributed by atoms with van der Waals surface area (Å²) in [7, 11) is 2.85. The molecule has 144 valence electrons. The highest BCUT2D eigenvalue weighted by Gasteiger charge is 2.34. The summed E-state index contributed by atoms with van der Waals surface area (Å²) in [6.07, 6.45) is -3.59. The van der Waals surface area contributed by atoms with Crippen LogP contribution in [0, 0.1) is 0 Å². The van der Waals surface area contributed by atoms with Crippen LogP contribution < -0.4 is 9.64 Å². The fourth-order valence-corrected chi connectivity index (χ4v) is 2.38. The molecular weight excluding hydrogens is 387 g/mol. The predicted octanol–water partition coefficient (Wildman–Crippen LogP) is 3.93. The van der Waals surface area contributed by atoms with E-state index >= 15 is 0 Å². The monoisotopic (exact) mass is 401 g/mol. The van der Waals surface area contributed by atoms with Crippen LogP contribution in [-0.4, -0.2) is 31.3 Å². The number of hydrogen-bond acceptors (Lipinski definition) is 5. The molecule has 6 nitrogen and oxygen atoms in total. The van der Waals surface area contributed by atoms with Crippen molar-refractivity contribution in [1.29, 1.82) is 0 Å². The van der Waals surface area contributed by atoms with Crippen molar-refractivity contribution in [2.24, 2.45) is 5.16 Å². The minimum Gasteiger partial charge on any atom is -0.473 e. The number of oxime groups is 1. The number of nitrogens with zero attached hydrogens (tertiary/aromatic N) is 3. The summed E-state index contributed by atoms with van der Waals surface area (Å²) in [5, 5.41) is 2.72. The molecule has 0 bridgehead atoms. The maximum atomic E-state index is 12.7. The number of carbonyl (C=O) groups excluding carboxylic acids is 1. The van der Waals surface area contributed by atoms with Gasteiger partial charge in [-0.05, 0) is 12.1 Å². The normalized spacial score (nSPS) is 11.5. The second-order valence-corrected chi connectivity index (χ2v) is 5.58. The topological polar surface area (TPSA) is 64.0 Å². The Balaban J connectivity index is 2.16. The molecule has 1 aromatic heterocycles. The summed E-state index contributed by atoms with van der Waals surface area (Å²) in [4.78, 5) is 21.4. The third-order valence-electron chi connectivity index (χ3n) is 3.46. The Labute approximate surface area is 158 Å². The van der Waals surface area contributed by atoms with Gasteiger partial charge in [-0.25, -0.2) is 4.98 Å². The van der Waals surface area contributed by atoms with E-state index in [1.54, 1.807) is 24.3 Å². The lowest BCUT2D eigenvalue weighted by molar-refractivity contribution is -0.137. The van der Waals surface area contributed by atoms with Crippen molar-refractivity contribution in [3.63, 3.8) is 0 Å². The quantitative estimate of drug-likeness (QED) is 0.418. The molecule has 0 unspecified atom stereocenters. The first-order valence-electron chi connectivity index (χ1n) is 7.52. The number of para-hydroxylation sites is 1. The average molecular weight is 402 g/mol. The van der Waals surface area contributed by atoms with Gasteiger partial charge in [0.05, 0.1) is 11.3 Å². The van der Waals surface area contributed by atoms with Gasteiger partial charge >= 0.3 is 6.18 Å². The summed E-state index contributed by atoms with van der Waals surface area (Å²) in [6.45, 7) is -0.0378. The molecule has 0 saturated carbocycles. The maximum absolute atomic E-state index is 12.7. The first-order valence-corrected chi connectivity index (χ1v) is 7.90. The smallest absolute Gasteiger partial charge is 0.419 e. The van der Waals surface area contributed by atoms with Gasteiger partial charge in [-0.3, -0.25) is 4.79 Å². The Morgan fingerprint density at radius 1 is 1.30 bits per heavy atom. The van der Waals surface area contributed by atoms with Gasteiger partial charge in [-0.15, -0.1) is 0 Å². The first kappa shape index (κ1) is 20.5. The molecule has 0 atom stereocenters. The van der Waals surface area contributed by atoms with Gasteiger partial charge in [0, 0.05) is 18.7 Å². The van der Waals surface area contributed by atoms with Gasteiger partial charge in [-0.1, -0.05) is 35.0 Å². The van der Waals surface area contributed by atoms with Gasteiger partial charge in [0.2, 0.25) is 5.88 Å². The van der Waals surface area contributed by atoms with Gasteiger partial charge in [-0.2, -0.15) is 13.2 Å². The molecule has 0 fully saturated rings.